The van der Waals surface area contributed by atoms with Crippen LogP contribution in [0.2, 0.25) is 0 Å². The molecule has 3 N–H and O–H groups in total. The number of nitrogens with one attached hydrogen (secondary N) is 1. The predicted molar refractivity (Wildman–Crippen MR) is 51.5 cm³/mol. The average Bonchev–Trinajstić information content (AvgIpc) is 2.15. The third kappa shape index (κ3) is 5.41. The van der Waals surface area contributed by atoms with Crippen LogP contribution >= 0.6 is 0 Å². The van der Waals surface area contributed by atoms with Gasteiger partial charge in [-0.05, 0) is 13.3 Å². The standard InChI is InChI=1S/C9H16F2N2O2/c1-3-5(2)13-9(15)8(14)6(12)4-7(10)11/h5-7H,3-4,12H2,1-2H3,(H,13,15)/t5-,6?/m0/s1. The third-order valence-corrected chi connectivity index (χ3v) is 1.98. The minimum absolute atomic E-state index is 0.166. The molecule has 0 bridgehead atoms. The first kappa shape index (κ1) is 14.0. The fourth-order valence-corrected chi connectivity index (χ4v) is 0.864. The summed E-state index contributed by atoms with van der Waals surface area (Å²) in [5.41, 5.74) is 5.15. The number of amides is 1. The maximum absolute atomic E-state index is 11.9. The zero-order valence-corrected chi connectivity index (χ0v) is 8.80. The molecule has 6 heteroatoms. The zero-order chi connectivity index (χ0) is 12.0. The Kier molecular flexibility index (Phi) is 6.00. The van der Waals surface area contributed by atoms with E-state index in [2.05, 4.69) is 5.32 Å². The van der Waals surface area contributed by atoms with Crippen molar-refractivity contribution in [1.82, 2.24) is 5.32 Å². The van der Waals surface area contributed by atoms with Crippen molar-refractivity contribution in [2.45, 2.75) is 45.2 Å². The number of rotatable bonds is 6. The first-order valence-electron chi connectivity index (χ1n) is 4.76. The molecule has 0 aromatic carbocycles. The van der Waals surface area contributed by atoms with Crippen LogP contribution in [-0.2, 0) is 9.59 Å². The van der Waals surface area contributed by atoms with Crippen molar-refractivity contribution in [3.63, 3.8) is 0 Å². The normalized spacial score (nSPS) is 14.8. The third-order valence-electron chi connectivity index (χ3n) is 1.98. The average molecular weight is 222 g/mol. The van der Waals surface area contributed by atoms with Crippen LogP contribution in [0, 0.1) is 0 Å². The molecule has 0 radical (unpaired) electrons. The van der Waals surface area contributed by atoms with E-state index in [-0.39, 0.29) is 6.04 Å². The molecule has 0 saturated heterocycles. The molecule has 0 aliphatic carbocycles. The topological polar surface area (TPSA) is 72.2 Å². The lowest BCUT2D eigenvalue weighted by Gasteiger charge is -2.13. The first-order valence-corrected chi connectivity index (χ1v) is 4.76. The number of alkyl halides is 2. The second kappa shape index (κ2) is 6.44. The van der Waals surface area contributed by atoms with Gasteiger partial charge >= 0.3 is 0 Å². The molecule has 0 rings (SSSR count). The van der Waals surface area contributed by atoms with Crippen LogP contribution in [0.5, 0.6) is 0 Å². The number of nitrogens with two attached hydrogens (primary N) is 1. The van der Waals surface area contributed by atoms with Crippen molar-refractivity contribution in [1.29, 1.82) is 0 Å². The number of hydrogen-bond donors (Lipinski definition) is 2. The lowest BCUT2D eigenvalue weighted by Crippen LogP contribution is -2.45. The van der Waals surface area contributed by atoms with Gasteiger partial charge in [0.1, 0.15) is 0 Å². The molecule has 1 unspecified atom stereocenters. The summed E-state index contributed by atoms with van der Waals surface area (Å²) in [6.07, 6.45) is -2.81. The number of hydrogen-bond acceptors (Lipinski definition) is 3. The molecule has 0 fully saturated rings. The highest BCUT2D eigenvalue weighted by atomic mass is 19.3. The maximum atomic E-state index is 11.9. The van der Waals surface area contributed by atoms with Crippen LogP contribution < -0.4 is 11.1 Å². The summed E-state index contributed by atoms with van der Waals surface area (Å²) in [6.45, 7) is 3.54. The van der Waals surface area contributed by atoms with E-state index in [0.717, 1.165) is 0 Å². The van der Waals surface area contributed by atoms with Crippen LogP contribution in [0.3, 0.4) is 0 Å². The van der Waals surface area contributed by atoms with E-state index in [0.29, 0.717) is 6.42 Å². The van der Waals surface area contributed by atoms with Gasteiger partial charge in [0.05, 0.1) is 6.04 Å². The van der Waals surface area contributed by atoms with E-state index in [1.54, 1.807) is 6.92 Å². The maximum Gasteiger partial charge on any atom is 0.289 e. The van der Waals surface area contributed by atoms with Gasteiger partial charge in [-0.3, -0.25) is 9.59 Å². The van der Waals surface area contributed by atoms with Crippen molar-refractivity contribution < 1.29 is 18.4 Å². The number of ketones is 1. The second-order valence-corrected chi connectivity index (χ2v) is 3.38. The van der Waals surface area contributed by atoms with Crippen molar-refractivity contribution in [3.05, 3.63) is 0 Å². The molecule has 2 atom stereocenters. The SMILES string of the molecule is CC[C@H](C)NC(=O)C(=O)C(N)CC(F)F. The zero-order valence-electron chi connectivity index (χ0n) is 8.80. The van der Waals surface area contributed by atoms with Gasteiger partial charge in [-0.25, -0.2) is 8.78 Å². The highest BCUT2D eigenvalue weighted by Gasteiger charge is 2.25. The molecule has 15 heavy (non-hydrogen) atoms. The lowest BCUT2D eigenvalue weighted by atomic mass is 10.1. The van der Waals surface area contributed by atoms with Gasteiger partial charge in [0, 0.05) is 12.5 Å². The summed E-state index contributed by atoms with van der Waals surface area (Å²) in [6, 6.07) is -1.59. The highest BCUT2D eigenvalue weighted by molar-refractivity contribution is 6.38. The number of carbonyl (C=O) groups excluding carboxylic acids is 2. The predicted octanol–water partition coefficient (Wildman–Crippen LogP) is 0.453. The Bertz CT molecular complexity index is 234. The summed E-state index contributed by atoms with van der Waals surface area (Å²) in [5, 5.41) is 2.37. The largest absolute Gasteiger partial charge is 0.347 e. The molecule has 0 saturated carbocycles. The number of Topliss-reactive ketones (excluding diaryl/α,β-unsaturated/α-hetero) is 1. The monoisotopic (exact) mass is 222 g/mol. The van der Waals surface area contributed by atoms with E-state index in [4.69, 9.17) is 5.73 Å². The minimum Gasteiger partial charge on any atom is -0.347 e. The van der Waals surface area contributed by atoms with Crippen molar-refractivity contribution in [2.24, 2.45) is 5.73 Å². The van der Waals surface area contributed by atoms with E-state index >= 15 is 0 Å². The second-order valence-electron chi connectivity index (χ2n) is 3.38. The molecular formula is C9H16F2N2O2. The smallest absolute Gasteiger partial charge is 0.289 e. The van der Waals surface area contributed by atoms with Crippen molar-refractivity contribution >= 4 is 11.7 Å². The molecule has 4 nitrogen and oxygen atoms in total. The molecule has 0 heterocycles. The molecular weight excluding hydrogens is 206 g/mol. The Balaban J connectivity index is 4.14. The molecule has 88 valence electrons. The van der Waals surface area contributed by atoms with E-state index < -0.39 is 30.6 Å². The molecule has 0 aromatic rings. The van der Waals surface area contributed by atoms with Crippen LogP contribution in [-0.4, -0.2) is 30.2 Å². The molecule has 1 amide bonds. The van der Waals surface area contributed by atoms with Gasteiger partial charge in [-0.15, -0.1) is 0 Å². The highest BCUT2D eigenvalue weighted by Crippen LogP contribution is 2.03. The van der Waals surface area contributed by atoms with Crippen LogP contribution in [0.25, 0.3) is 0 Å². The quantitative estimate of drug-likeness (QED) is 0.641. The molecule has 0 spiro atoms. The van der Waals surface area contributed by atoms with Crippen molar-refractivity contribution in [2.75, 3.05) is 0 Å². The first-order chi connectivity index (χ1) is 6.88. The van der Waals surface area contributed by atoms with Gasteiger partial charge in [0.15, 0.2) is 0 Å². The van der Waals surface area contributed by atoms with Gasteiger partial charge in [-0.1, -0.05) is 6.92 Å². The summed E-state index contributed by atoms with van der Waals surface area (Å²) < 4.78 is 23.7. The summed E-state index contributed by atoms with van der Waals surface area (Å²) in [5.74, 6) is -1.88. The number of halogens is 2. The Morgan fingerprint density at radius 3 is 2.33 bits per heavy atom. The van der Waals surface area contributed by atoms with Crippen molar-refractivity contribution in [3.8, 4) is 0 Å². The van der Waals surface area contributed by atoms with Gasteiger partial charge in [0.2, 0.25) is 12.2 Å². The van der Waals surface area contributed by atoms with E-state index in [1.807, 2.05) is 6.92 Å². The Morgan fingerprint density at radius 1 is 1.40 bits per heavy atom. The van der Waals surface area contributed by atoms with Crippen LogP contribution in [0.1, 0.15) is 26.7 Å². The summed E-state index contributed by atoms with van der Waals surface area (Å²) >= 11 is 0. The lowest BCUT2D eigenvalue weighted by molar-refractivity contribution is -0.139. The molecule has 0 aliphatic rings. The summed E-state index contributed by atoms with van der Waals surface area (Å²) in [4.78, 5) is 22.3. The van der Waals surface area contributed by atoms with Gasteiger partial charge < -0.3 is 11.1 Å². The van der Waals surface area contributed by atoms with Gasteiger partial charge in [-0.2, -0.15) is 0 Å². The van der Waals surface area contributed by atoms with Crippen LogP contribution in [0.15, 0.2) is 0 Å². The minimum atomic E-state index is -2.68. The van der Waals surface area contributed by atoms with Crippen LogP contribution in [0.4, 0.5) is 8.78 Å². The Morgan fingerprint density at radius 2 is 1.93 bits per heavy atom. The molecule has 0 aromatic heterocycles. The fraction of sp³-hybridized carbons (Fsp3) is 0.778. The Hall–Kier alpha value is -1.04. The van der Waals surface area contributed by atoms with E-state index in [1.165, 1.54) is 0 Å². The number of carbonyl (C=O) groups is 2. The Labute approximate surface area is 87.2 Å². The summed E-state index contributed by atoms with van der Waals surface area (Å²) in [7, 11) is 0. The van der Waals surface area contributed by atoms with E-state index in [9.17, 15) is 18.4 Å². The molecule has 0 aliphatic heterocycles. The fourth-order valence-electron chi connectivity index (χ4n) is 0.864. The van der Waals surface area contributed by atoms with Gasteiger partial charge in [0.25, 0.3) is 5.91 Å².